The lowest BCUT2D eigenvalue weighted by Crippen LogP contribution is -2.33. The van der Waals surface area contributed by atoms with Crippen LogP contribution in [0.4, 0.5) is 0 Å². The highest BCUT2D eigenvalue weighted by atomic mass is 16.6. The van der Waals surface area contributed by atoms with Crippen molar-refractivity contribution in [3.8, 4) is 11.5 Å². The summed E-state index contributed by atoms with van der Waals surface area (Å²) >= 11 is 0. The number of fused-ring (bicyclic) bond motifs is 1. The zero-order chi connectivity index (χ0) is 16.1. The predicted molar refractivity (Wildman–Crippen MR) is 85.9 cm³/mol. The Kier molecular flexibility index (Phi) is 4.78. The van der Waals surface area contributed by atoms with Crippen molar-refractivity contribution < 1.29 is 19.4 Å². The van der Waals surface area contributed by atoms with Gasteiger partial charge in [0.25, 0.3) is 5.91 Å². The van der Waals surface area contributed by atoms with Crippen LogP contribution in [0.1, 0.15) is 15.9 Å². The molecule has 2 N–H and O–H groups in total. The molecule has 0 fully saturated rings. The maximum atomic E-state index is 12.3. The molecule has 120 valence electrons. The van der Waals surface area contributed by atoms with Crippen LogP contribution in [-0.4, -0.2) is 36.9 Å². The van der Waals surface area contributed by atoms with E-state index in [1.807, 2.05) is 30.3 Å². The second-order valence-electron chi connectivity index (χ2n) is 5.38. The number of hydrogen-bond donors (Lipinski definition) is 2. The number of ether oxygens (including phenoxy) is 2. The third-order valence-electron chi connectivity index (χ3n) is 3.62. The molecule has 3 rings (SSSR count). The van der Waals surface area contributed by atoms with E-state index in [0.717, 1.165) is 5.56 Å². The monoisotopic (exact) mass is 313 g/mol. The molecule has 0 spiro atoms. The summed E-state index contributed by atoms with van der Waals surface area (Å²) in [6, 6.07) is 14.9. The second-order valence-corrected chi connectivity index (χ2v) is 5.38. The van der Waals surface area contributed by atoms with Crippen LogP contribution < -0.4 is 14.8 Å². The number of benzene rings is 2. The van der Waals surface area contributed by atoms with Crippen molar-refractivity contribution in [3.05, 3.63) is 59.7 Å². The number of hydrogen-bond acceptors (Lipinski definition) is 4. The molecule has 2 aromatic carbocycles. The molecule has 0 saturated heterocycles. The number of aliphatic hydroxyl groups excluding tert-OH is 1. The highest BCUT2D eigenvalue weighted by Crippen LogP contribution is 2.33. The zero-order valence-corrected chi connectivity index (χ0v) is 12.7. The molecule has 2 aromatic rings. The highest BCUT2D eigenvalue weighted by molar-refractivity contribution is 5.97. The Morgan fingerprint density at radius 1 is 1.09 bits per heavy atom. The number of para-hydroxylation sites is 1. The topological polar surface area (TPSA) is 67.8 Å². The molecular formula is C18H19NO4. The van der Waals surface area contributed by atoms with Gasteiger partial charge >= 0.3 is 0 Å². The van der Waals surface area contributed by atoms with Gasteiger partial charge in [-0.2, -0.15) is 0 Å². The lowest BCUT2D eigenvalue weighted by molar-refractivity contribution is 0.0905. The van der Waals surface area contributed by atoms with Crippen LogP contribution in [0.15, 0.2) is 48.5 Å². The number of carbonyl (C=O) groups excluding carboxylic acids is 1. The molecular weight excluding hydrogens is 294 g/mol. The van der Waals surface area contributed by atoms with Gasteiger partial charge < -0.3 is 19.9 Å². The van der Waals surface area contributed by atoms with Gasteiger partial charge in [-0.25, -0.2) is 0 Å². The average molecular weight is 313 g/mol. The highest BCUT2D eigenvalue weighted by Gasteiger charge is 2.20. The second kappa shape index (κ2) is 7.15. The lowest BCUT2D eigenvalue weighted by atomic mass is 10.1. The Bertz CT molecular complexity index is 672. The van der Waals surface area contributed by atoms with Gasteiger partial charge in [0, 0.05) is 13.0 Å². The SMILES string of the molecule is O=C(NC[C@@H](O)Cc1ccccc1)c1cccc2c1OCCO2. The van der Waals surface area contributed by atoms with E-state index in [1.165, 1.54) is 0 Å². The van der Waals surface area contributed by atoms with Crippen molar-refractivity contribution in [2.24, 2.45) is 0 Å². The van der Waals surface area contributed by atoms with Crippen LogP contribution in [0.2, 0.25) is 0 Å². The molecule has 5 nitrogen and oxygen atoms in total. The number of aliphatic hydroxyl groups is 1. The molecule has 0 aromatic heterocycles. The van der Waals surface area contributed by atoms with Crippen LogP contribution in [0.5, 0.6) is 11.5 Å². The zero-order valence-electron chi connectivity index (χ0n) is 12.7. The van der Waals surface area contributed by atoms with Gasteiger partial charge in [-0.05, 0) is 17.7 Å². The van der Waals surface area contributed by atoms with Gasteiger partial charge in [0.1, 0.15) is 13.2 Å². The van der Waals surface area contributed by atoms with Crippen molar-refractivity contribution in [3.63, 3.8) is 0 Å². The fourth-order valence-corrected chi connectivity index (χ4v) is 2.52. The Balaban J connectivity index is 1.59. The third-order valence-corrected chi connectivity index (χ3v) is 3.62. The Morgan fingerprint density at radius 3 is 2.70 bits per heavy atom. The lowest BCUT2D eigenvalue weighted by Gasteiger charge is -2.20. The standard InChI is InChI=1S/C18H19NO4/c20-14(11-13-5-2-1-3-6-13)12-19-18(21)15-7-4-8-16-17(15)23-10-9-22-16/h1-8,14,20H,9-12H2,(H,19,21)/t14-/m0/s1. The predicted octanol–water partition coefficient (Wildman–Crippen LogP) is 1.79. The molecule has 1 amide bonds. The van der Waals surface area contributed by atoms with Crippen LogP contribution in [0.25, 0.3) is 0 Å². The van der Waals surface area contributed by atoms with Crippen LogP contribution >= 0.6 is 0 Å². The summed E-state index contributed by atoms with van der Waals surface area (Å²) in [5, 5.41) is 12.8. The molecule has 0 bridgehead atoms. The minimum Gasteiger partial charge on any atom is -0.486 e. The van der Waals surface area contributed by atoms with E-state index in [9.17, 15) is 9.90 Å². The molecule has 1 aliphatic heterocycles. The Morgan fingerprint density at radius 2 is 1.87 bits per heavy atom. The van der Waals surface area contributed by atoms with Crippen LogP contribution in [0, 0.1) is 0 Å². The minimum absolute atomic E-state index is 0.179. The molecule has 0 radical (unpaired) electrons. The largest absolute Gasteiger partial charge is 0.486 e. The van der Waals surface area contributed by atoms with Crippen LogP contribution in [0.3, 0.4) is 0 Å². The molecule has 0 aliphatic carbocycles. The summed E-state index contributed by atoms with van der Waals surface area (Å²) in [4.78, 5) is 12.3. The summed E-state index contributed by atoms with van der Waals surface area (Å²) in [5.41, 5.74) is 1.46. The number of carbonyl (C=O) groups is 1. The van der Waals surface area contributed by atoms with Crippen molar-refractivity contribution in [1.82, 2.24) is 5.32 Å². The normalized spacial score (nSPS) is 14.1. The van der Waals surface area contributed by atoms with Crippen LogP contribution in [-0.2, 0) is 6.42 Å². The van der Waals surface area contributed by atoms with E-state index in [4.69, 9.17) is 9.47 Å². The fourth-order valence-electron chi connectivity index (χ4n) is 2.52. The molecule has 1 atom stereocenters. The number of rotatable bonds is 5. The van der Waals surface area contributed by atoms with Crippen molar-refractivity contribution in [2.75, 3.05) is 19.8 Å². The van der Waals surface area contributed by atoms with Gasteiger partial charge in [-0.3, -0.25) is 4.79 Å². The van der Waals surface area contributed by atoms with E-state index < -0.39 is 6.10 Å². The number of nitrogens with one attached hydrogen (secondary N) is 1. The molecule has 0 saturated carbocycles. The van der Waals surface area contributed by atoms with Gasteiger partial charge in [-0.1, -0.05) is 36.4 Å². The summed E-state index contributed by atoms with van der Waals surface area (Å²) in [5.74, 6) is 0.766. The van der Waals surface area contributed by atoms with Crippen molar-refractivity contribution >= 4 is 5.91 Å². The molecule has 0 unspecified atom stereocenters. The fraction of sp³-hybridized carbons (Fsp3) is 0.278. The van der Waals surface area contributed by atoms with Gasteiger partial charge in [0.05, 0.1) is 11.7 Å². The first-order valence-electron chi connectivity index (χ1n) is 7.63. The quantitative estimate of drug-likeness (QED) is 0.883. The maximum absolute atomic E-state index is 12.3. The third kappa shape index (κ3) is 3.81. The smallest absolute Gasteiger partial charge is 0.255 e. The van der Waals surface area contributed by atoms with Crippen molar-refractivity contribution in [1.29, 1.82) is 0 Å². The van der Waals surface area contributed by atoms with E-state index >= 15 is 0 Å². The van der Waals surface area contributed by atoms with Gasteiger partial charge in [-0.15, -0.1) is 0 Å². The number of amides is 1. The Labute approximate surface area is 134 Å². The van der Waals surface area contributed by atoms with E-state index in [2.05, 4.69) is 5.32 Å². The molecule has 5 heteroatoms. The summed E-state index contributed by atoms with van der Waals surface area (Å²) in [6.07, 6.45) is -0.147. The minimum atomic E-state index is -0.641. The first-order valence-corrected chi connectivity index (χ1v) is 7.63. The summed E-state index contributed by atoms with van der Waals surface area (Å²) in [6.45, 7) is 1.08. The first kappa shape index (κ1) is 15.4. The van der Waals surface area contributed by atoms with Gasteiger partial charge in [0.15, 0.2) is 11.5 Å². The maximum Gasteiger partial charge on any atom is 0.255 e. The van der Waals surface area contributed by atoms with E-state index in [1.54, 1.807) is 18.2 Å². The average Bonchev–Trinajstić information content (AvgIpc) is 2.60. The van der Waals surface area contributed by atoms with E-state index in [0.29, 0.717) is 36.7 Å². The molecule has 1 heterocycles. The Hall–Kier alpha value is -2.53. The van der Waals surface area contributed by atoms with Gasteiger partial charge in [0.2, 0.25) is 0 Å². The first-order chi connectivity index (χ1) is 11.2. The molecule has 23 heavy (non-hydrogen) atoms. The summed E-state index contributed by atoms with van der Waals surface area (Å²) < 4.78 is 11.0. The van der Waals surface area contributed by atoms with Crippen molar-refractivity contribution in [2.45, 2.75) is 12.5 Å². The summed E-state index contributed by atoms with van der Waals surface area (Å²) in [7, 11) is 0. The molecule has 1 aliphatic rings. The van der Waals surface area contributed by atoms with E-state index in [-0.39, 0.29) is 12.5 Å².